The highest BCUT2D eigenvalue weighted by Crippen LogP contribution is 2.22. The lowest BCUT2D eigenvalue weighted by Crippen LogP contribution is -2.14. The summed E-state index contributed by atoms with van der Waals surface area (Å²) in [5.74, 6) is 0.480. The van der Waals surface area contributed by atoms with Crippen molar-refractivity contribution in [3.8, 4) is 0 Å². The fraction of sp³-hybridized carbons (Fsp3) is 0.462. The Morgan fingerprint density at radius 3 is 2.47 bits per heavy atom. The second-order valence-electron chi connectivity index (χ2n) is 3.81. The molecule has 0 unspecified atom stereocenters. The van der Waals surface area contributed by atoms with E-state index < -0.39 is 0 Å². The molecule has 2 heteroatoms. The molecule has 0 aliphatic carbocycles. The van der Waals surface area contributed by atoms with Crippen molar-refractivity contribution in [3.63, 3.8) is 0 Å². The van der Waals surface area contributed by atoms with Crippen molar-refractivity contribution in [2.75, 3.05) is 0 Å². The van der Waals surface area contributed by atoms with E-state index in [0.29, 0.717) is 5.78 Å². The predicted octanol–water partition coefficient (Wildman–Crippen LogP) is 4.22. The van der Waals surface area contributed by atoms with E-state index in [-0.39, 0.29) is 5.92 Å². The molecule has 0 aromatic heterocycles. The van der Waals surface area contributed by atoms with Gasteiger partial charge in [0.15, 0.2) is 5.78 Å². The van der Waals surface area contributed by atoms with Crippen LogP contribution in [0.5, 0.6) is 0 Å². The molecule has 0 spiro atoms. The van der Waals surface area contributed by atoms with Crippen molar-refractivity contribution in [1.29, 1.82) is 0 Å². The van der Waals surface area contributed by atoms with Crippen LogP contribution in [0, 0.1) is 16.4 Å². The van der Waals surface area contributed by atoms with Crippen molar-refractivity contribution < 1.29 is 4.79 Å². The second kappa shape index (κ2) is 5.64. The molecule has 0 N–H and O–H groups in total. The first-order valence-electron chi connectivity index (χ1n) is 5.41. The lowest BCUT2D eigenvalue weighted by molar-refractivity contribution is 0.0912. The Labute approximate surface area is 105 Å². The smallest absolute Gasteiger partial charge is 0.166 e. The Morgan fingerprint density at radius 1 is 1.33 bits per heavy atom. The molecule has 0 radical (unpaired) electrons. The first kappa shape index (κ1) is 12.7. The third-order valence-corrected chi connectivity index (χ3v) is 4.25. The Balaban J connectivity index is 3.05. The van der Waals surface area contributed by atoms with E-state index in [1.807, 2.05) is 25.1 Å². The summed E-state index contributed by atoms with van der Waals surface area (Å²) in [4.78, 5) is 12.2. The minimum Gasteiger partial charge on any atom is -0.294 e. The van der Waals surface area contributed by atoms with Crippen molar-refractivity contribution in [1.82, 2.24) is 0 Å². The molecular formula is C13H17IO. The maximum atomic E-state index is 12.2. The normalized spacial score (nSPS) is 10.7. The fourth-order valence-corrected chi connectivity index (χ4v) is 2.34. The molecule has 0 aliphatic heterocycles. The number of halogens is 1. The molecule has 0 fully saturated rings. The van der Waals surface area contributed by atoms with Crippen LogP contribution in [0.25, 0.3) is 0 Å². The van der Waals surface area contributed by atoms with Gasteiger partial charge < -0.3 is 0 Å². The summed E-state index contributed by atoms with van der Waals surface area (Å²) >= 11 is 2.27. The van der Waals surface area contributed by atoms with Crippen LogP contribution in [0.15, 0.2) is 18.2 Å². The van der Waals surface area contributed by atoms with Gasteiger partial charge in [-0.05, 0) is 47.9 Å². The monoisotopic (exact) mass is 316 g/mol. The van der Waals surface area contributed by atoms with Crippen molar-refractivity contribution in [3.05, 3.63) is 32.9 Å². The van der Waals surface area contributed by atoms with Crippen molar-refractivity contribution >= 4 is 28.4 Å². The number of ketones is 1. The molecular weight excluding hydrogens is 299 g/mol. The quantitative estimate of drug-likeness (QED) is 0.600. The third-order valence-electron chi connectivity index (χ3n) is 2.81. The number of carbonyl (C=O) groups excluding carboxylic acids is 1. The van der Waals surface area contributed by atoms with Crippen LogP contribution < -0.4 is 0 Å². The Hall–Kier alpha value is -0.380. The highest BCUT2D eigenvalue weighted by Gasteiger charge is 2.18. The molecule has 1 nitrogen and oxygen atoms in total. The molecule has 82 valence electrons. The molecule has 0 amide bonds. The lowest BCUT2D eigenvalue weighted by atomic mass is 9.92. The maximum Gasteiger partial charge on any atom is 0.166 e. The van der Waals surface area contributed by atoms with E-state index in [1.165, 1.54) is 5.56 Å². The zero-order valence-electron chi connectivity index (χ0n) is 9.51. The maximum absolute atomic E-state index is 12.2. The molecule has 1 aromatic rings. The zero-order chi connectivity index (χ0) is 11.4. The van der Waals surface area contributed by atoms with E-state index >= 15 is 0 Å². The number of hydrogen-bond donors (Lipinski definition) is 0. The highest BCUT2D eigenvalue weighted by atomic mass is 127. The van der Waals surface area contributed by atoms with E-state index in [2.05, 4.69) is 36.4 Å². The molecule has 1 aromatic carbocycles. The van der Waals surface area contributed by atoms with Crippen LogP contribution in [0.1, 0.15) is 42.6 Å². The zero-order valence-corrected chi connectivity index (χ0v) is 11.7. The van der Waals surface area contributed by atoms with Gasteiger partial charge in [-0.2, -0.15) is 0 Å². The van der Waals surface area contributed by atoms with Gasteiger partial charge in [-0.3, -0.25) is 4.79 Å². The largest absolute Gasteiger partial charge is 0.294 e. The lowest BCUT2D eigenvalue weighted by Gasteiger charge is -2.13. The molecule has 0 saturated carbocycles. The topological polar surface area (TPSA) is 17.1 Å². The first-order chi connectivity index (χ1) is 7.11. The number of rotatable bonds is 4. The van der Waals surface area contributed by atoms with E-state index in [0.717, 1.165) is 22.0 Å². The van der Waals surface area contributed by atoms with E-state index in [9.17, 15) is 4.79 Å². The second-order valence-corrected chi connectivity index (χ2v) is 4.89. The van der Waals surface area contributed by atoms with Gasteiger partial charge in [0.05, 0.1) is 0 Å². The summed E-state index contributed by atoms with van der Waals surface area (Å²) in [6, 6.07) is 5.95. The van der Waals surface area contributed by atoms with E-state index in [1.54, 1.807) is 0 Å². The average Bonchev–Trinajstić information content (AvgIpc) is 2.23. The number of Topliss-reactive ketones (excluding diaryl/α,β-unsaturated/α-hetero) is 1. The van der Waals surface area contributed by atoms with Gasteiger partial charge in [-0.1, -0.05) is 32.0 Å². The van der Waals surface area contributed by atoms with Gasteiger partial charge in [0.2, 0.25) is 0 Å². The molecule has 0 bridgehead atoms. The molecule has 0 atom stereocenters. The van der Waals surface area contributed by atoms with Crippen LogP contribution in [-0.4, -0.2) is 5.78 Å². The number of aryl methyl sites for hydroxylation is 1. The summed E-state index contributed by atoms with van der Waals surface area (Å²) in [6.45, 7) is 6.20. The standard InChI is InChI=1S/C13H17IO/c1-4-10(5-2)13(15)11-8-6-7-9(3)12(11)14/h6-8,10H,4-5H2,1-3H3. The van der Waals surface area contributed by atoms with E-state index in [4.69, 9.17) is 0 Å². The summed E-state index contributed by atoms with van der Waals surface area (Å²) < 4.78 is 1.10. The Bertz CT molecular complexity index is 354. The SMILES string of the molecule is CCC(CC)C(=O)c1cccc(C)c1I. The van der Waals surface area contributed by atoms with Gasteiger partial charge in [-0.15, -0.1) is 0 Å². The van der Waals surface area contributed by atoms with Crippen LogP contribution in [0.2, 0.25) is 0 Å². The summed E-state index contributed by atoms with van der Waals surface area (Å²) in [5, 5.41) is 0. The molecule has 15 heavy (non-hydrogen) atoms. The van der Waals surface area contributed by atoms with Crippen LogP contribution in [0.4, 0.5) is 0 Å². The molecule has 0 aliphatic rings. The molecule has 1 rings (SSSR count). The average molecular weight is 316 g/mol. The number of benzene rings is 1. The van der Waals surface area contributed by atoms with Gasteiger partial charge in [0.25, 0.3) is 0 Å². The third kappa shape index (κ3) is 2.80. The van der Waals surface area contributed by atoms with Crippen LogP contribution >= 0.6 is 22.6 Å². The minimum atomic E-state index is 0.181. The Morgan fingerprint density at radius 2 is 1.93 bits per heavy atom. The summed E-state index contributed by atoms with van der Waals surface area (Å²) in [6.07, 6.45) is 1.86. The predicted molar refractivity (Wildman–Crippen MR) is 72.3 cm³/mol. The van der Waals surface area contributed by atoms with Gasteiger partial charge in [-0.25, -0.2) is 0 Å². The fourth-order valence-electron chi connectivity index (χ4n) is 1.72. The molecule has 0 saturated heterocycles. The number of carbonyl (C=O) groups is 1. The van der Waals surface area contributed by atoms with Crippen molar-refractivity contribution in [2.45, 2.75) is 33.6 Å². The van der Waals surface area contributed by atoms with Crippen molar-refractivity contribution in [2.24, 2.45) is 5.92 Å². The number of hydrogen-bond acceptors (Lipinski definition) is 1. The Kier molecular flexibility index (Phi) is 4.77. The summed E-state index contributed by atoms with van der Waals surface area (Å²) in [7, 11) is 0. The van der Waals surface area contributed by atoms with Crippen LogP contribution in [-0.2, 0) is 0 Å². The van der Waals surface area contributed by atoms with Crippen LogP contribution in [0.3, 0.4) is 0 Å². The van der Waals surface area contributed by atoms with Gasteiger partial charge >= 0.3 is 0 Å². The first-order valence-corrected chi connectivity index (χ1v) is 6.49. The van der Waals surface area contributed by atoms with Gasteiger partial charge in [0.1, 0.15) is 0 Å². The van der Waals surface area contributed by atoms with Gasteiger partial charge in [0, 0.05) is 15.1 Å². The highest BCUT2D eigenvalue weighted by molar-refractivity contribution is 14.1. The summed E-state index contributed by atoms with van der Waals surface area (Å²) in [5.41, 5.74) is 2.08. The minimum absolute atomic E-state index is 0.181. The molecule has 0 heterocycles.